The molecule has 1 aromatic rings. The fourth-order valence-corrected chi connectivity index (χ4v) is 1.64. The van der Waals surface area contributed by atoms with Crippen molar-refractivity contribution >= 4 is 11.6 Å². The number of benzene rings is 1. The number of nitrogens with one attached hydrogen (secondary N) is 2. The van der Waals surface area contributed by atoms with Crippen molar-refractivity contribution in [2.75, 3.05) is 32.9 Å². The molecule has 0 radical (unpaired) electrons. The van der Waals surface area contributed by atoms with Crippen LogP contribution in [0.1, 0.15) is 5.56 Å². The molecule has 0 amide bonds. The number of non-ortho nitro benzene ring substituents is 1. The molecule has 0 aliphatic heterocycles. The number of aliphatic hydroxyl groups excluding tert-OH is 1. The van der Waals surface area contributed by atoms with E-state index < -0.39 is 4.92 Å². The van der Waals surface area contributed by atoms with Crippen LogP contribution in [-0.4, -0.2) is 48.9 Å². The maximum atomic E-state index is 10.6. The quantitative estimate of drug-likeness (QED) is 0.147. The number of nitrogens with zero attached hydrogens (tertiary/aromatic N) is 2. The van der Waals surface area contributed by atoms with Gasteiger partial charge in [0.2, 0.25) is 0 Å². The maximum Gasteiger partial charge on any atom is 0.269 e. The van der Waals surface area contributed by atoms with Gasteiger partial charge in [0.05, 0.1) is 31.3 Å². The fraction of sp³-hybridized carbons (Fsp3) is 0.400. The molecule has 0 atom stereocenters. The zero-order valence-electron chi connectivity index (χ0n) is 12.9. The van der Waals surface area contributed by atoms with Gasteiger partial charge in [0.1, 0.15) is 0 Å². The van der Waals surface area contributed by atoms with Gasteiger partial charge in [-0.05, 0) is 5.56 Å². The number of aliphatic imine (C=N–C) groups is 1. The molecule has 0 aromatic heterocycles. The van der Waals surface area contributed by atoms with E-state index in [4.69, 9.17) is 9.84 Å². The van der Waals surface area contributed by atoms with Crippen molar-refractivity contribution in [3.8, 4) is 0 Å². The van der Waals surface area contributed by atoms with Crippen LogP contribution in [0, 0.1) is 10.1 Å². The number of ether oxygens (including phenoxy) is 1. The van der Waals surface area contributed by atoms with E-state index in [0.29, 0.717) is 38.8 Å². The Balaban J connectivity index is 2.53. The molecular weight excluding hydrogens is 300 g/mol. The van der Waals surface area contributed by atoms with Crippen molar-refractivity contribution in [3.05, 3.63) is 52.6 Å². The Morgan fingerprint density at radius 3 is 2.70 bits per heavy atom. The van der Waals surface area contributed by atoms with Crippen molar-refractivity contribution in [1.29, 1.82) is 0 Å². The minimum atomic E-state index is -0.432. The van der Waals surface area contributed by atoms with Crippen LogP contribution in [0.5, 0.6) is 0 Å². The summed E-state index contributed by atoms with van der Waals surface area (Å²) < 4.78 is 5.16. The molecule has 0 saturated heterocycles. The zero-order valence-corrected chi connectivity index (χ0v) is 12.9. The van der Waals surface area contributed by atoms with Gasteiger partial charge in [-0.15, -0.1) is 6.58 Å². The van der Waals surface area contributed by atoms with Gasteiger partial charge in [0.15, 0.2) is 5.96 Å². The number of nitro groups is 1. The molecule has 23 heavy (non-hydrogen) atoms. The summed E-state index contributed by atoms with van der Waals surface area (Å²) in [5, 5.41) is 25.4. The topological polar surface area (TPSA) is 109 Å². The largest absolute Gasteiger partial charge is 0.394 e. The number of rotatable bonds is 10. The Morgan fingerprint density at radius 1 is 1.35 bits per heavy atom. The molecule has 1 rings (SSSR count). The van der Waals surface area contributed by atoms with Crippen LogP contribution >= 0.6 is 0 Å². The molecule has 1 aromatic carbocycles. The molecule has 0 saturated carbocycles. The number of nitro benzene ring substituents is 1. The summed E-state index contributed by atoms with van der Waals surface area (Å²) in [7, 11) is 0. The van der Waals surface area contributed by atoms with Crippen LogP contribution < -0.4 is 10.6 Å². The van der Waals surface area contributed by atoms with Crippen molar-refractivity contribution in [2.45, 2.75) is 6.54 Å². The minimum absolute atomic E-state index is 0.00416. The summed E-state index contributed by atoms with van der Waals surface area (Å²) in [5.41, 5.74) is 0.925. The Labute approximate surface area is 135 Å². The second kappa shape index (κ2) is 11.2. The maximum absolute atomic E-state index is 10.6. The lowest BCUT2D eigenvalue weighted by Gasteiger charge is -2.11. The summed E-state index contributed by atoms with van der Waals surface area (Å²) in [6, 6.07) is 6.27. The second-order valence-corrected chi connectivity index (χ2v) is 4.52. The number of aliphatic hydroxyl groups is 1. The third-order valence-electron chi connectivity index (χ3n) is 2.76. The first-order valence-corrected chi connectivity index (χ1v) is 7.22. The van der Waals surface area contributed by atoms with Gasteiger partial charge >= 0.3 is 0 Å². The highest BCUT2D eigenvalue weighted by atomic mass is 16.6. The van der Waals surface area contributed by atoms with E-state index in [-0.39, 0.29) is 12.3 Å². The predicted octanol–water partition coefficient (Wildman–Crippen LogP) is 0.825. The van der Waals surface area contributed by atoms with E-state index in [1.807, 2.05) is 0 Å². The lowest BCUT2D eigenvalue weighted by molar-refractivity contribution is -0.384. The third-order valence-corrected chi connectivity index (χ3v) is 2.76. The van der Waals surface area contributed by atoms with E-state index in [0.717, 1.165) is 5.56 Å². The summed E-state index contributed by atoms with van der Waals surface area (Å²) >= 11 is 0. The van der Waals surface area contributed by atoms with Crippen molar-refractivity contribution in [2.24, 2.45) is 4.99 Å². The average molecular weight is 322 g/mol. The molecular formula is C15H22N4O4. The van der Waals surface area contributed by atoms with E-state index in [1.54, 1.807) is 18.2 Å². The smallest absolute Gasteiger partial charge is 0.269 e. The van der Waals surface area contributed by atoms with Crippen LogP contribution in [0.3, 0.4) is 0 Å². The highest BCUT2D eigenvalue weighted by molar-refractivity contribution is 5.79. The first-order valence-electron chi connectivity index (χ1n) is 7.22. The molecule has 0 unspecified atom stereocenters. The Kier molecular flexibility index (Phi) is 9.03. The number of hydrogen-bond acceptors (Lipinski definition) is 5. The van der Waals surface area contributed by atoms with Gasteiger partial charge in [-0.3, -0.25) is 10.1 Å². The molecule has 0 aliphatic carbocycles. The van der Waals surface area contributed by atoms with E-state index in [2.05, 4.69) is 22.2 Å². The monoisotopic (exact) mass is 322 g/mol. The van der Waals surface area contributed by atoms with E-state index in [1.165, 1.54) is 12.1 Å². The molecule has 8 nitrogen and oxygen atoms in total. The lowest BCUT2D eigenvalue weighted by Crippen LogP contribution is -2.39. The highest BCUT2D eigenvalue weighted by Crippen LogP contribution is 2.12. The van der Waals surface area contributed by atoms with E-state index >= 15 is 0 Å². The van der Waals surface area contributed by atoms with Crippen LogP contribution in [0.4, 0.5) is 5.69 Å². The summed E-state index contributed by atoms with van der Waals surface area (Å²) in [4.78, 5) is 14.6. The number of guanidine groups is 1. The summed E-state index contributed by atoms with van der Waals surface area (Å²) in [5.74, 6) is 0.593. The van der Waals surface area contributed by atoms with Crippen molar-refractivity contribution in [1.82, 2.24) is 10.6 Å². The summed E-state index contributed by atoms with van der Waals surface area (Å²) in [6.07, 6.45) is 1.71. The lowest BCUT2D eigenvalue weighted by atomic mass is 10.2. The second-order valence-electron chi connectivity index (χ2n) is 4.52. The molecule has 0 aliphatic rings. The Morgan fingerprint density at radius 2 is 2.09 bits per heavy atom. The SMILES string of the molecule is C=CCNC(=NCc1ccc([N+](=O)[O-])cc1)NCCOCCO. The zero-order chi connectivity index (χ0) is 16.9. The molecule has 0 bridgehead atoms. The third kappa shape index (κ3) is 7.93. The van der Waals surface area contributed by atoms with Gasteiger partial charge in [-0.1, -0.05) is 18.2 Å². The number of hydrogen-bond donors (Lipinski definition) is 3. The molecule has 126 valence electrons. The Hall–Kier alpha value is -2.45. The van der Waals surface area contributed by atoms with Crippen LogP contribution in [0.25, 0.3) is 0 Å². The van der Waals surface area contributed by atoms with Gasteiger partial charge < -0.3 is 20.5 Å². The molecule has 8 heteroatoms. The van der Waals surface area contributed by atoms with Gasteiger partial charge in [0.25, 0.3) is 5.69 Å². The average Bonchev–Trinajstić information content (AvgIpc) is 2.56. The molecule has 0 spiro atoms. The van der Waals surface area contributed by atoms with Gasteiger partial charge in [-0.2, -0.15) is 0 Å². The van der Waals surface area contributed by atoms with Gasteiger partial charge in [-0.25, -0.2) is 4.99 Å². The standard InChI is InChI=1S/C15H22N4O4/c1-2-7-16-15(17-8-10-23-11-9-20)18-12-13-3-5-14(6-4-13)19(21)22/h2-6,20H,1,7-12H2,(H2,16,17,18). The normalized spacial score (nSPS) is 11.1. The van der Waals surface area contributed by atoms with E-state index in [9.17, 15) is 10.1 Å². The first-order chi connectivity index (χ1) is 11.2. The minimum Gasteiger partial charge on any atom is -0.394 e. The molecule has 0 fully saturated rings. The van der Waals surface area contributed by atoms with Crippen LogP contribution in [0.15, 0.2) is 41.9 Å². The first kappa shape index (κ1) is 18.6. The van der Waals surface area contributed by atoms with Gasteiger partial charge in [0, 0.05) is 25.2 Å². The van der Waals surface area contributed by atoms with Crippen molar-refractivity contribution in [3.63, 3.8) is 0 Å². The predicted molar refractivity (Wildman–Crippen MR) is 88.3 cm³/mol. The molecule has 3 N–H and O–H groups in total. The van der Waals surface area contributed by atoms with Crippen molar-refractivity contribution < 1.29 is 14.8 Å². The fourth-order valence-electron chi connectivity index (χ4n) is 1.64. The van der Waals surface area contributed by atoms with Crippen LogP contribution in [-0.2, 0) is 11.3 Å². The highest BCUT2D eigenvalue weighted by Gasteiger charge is 2.04. The van der Waals surface area contributed by atoms with Crippen LogP contribution in [0.2, 0.25) is 0 Å². The Bertz CT molecular complexity index is 517. The summed E-state index contributed by atoms with van der Waals surface area (Å²) in [6.45, 7) is 5.88. The molecule has 0 heterocycles.